The highest BCUT2D eigenvalue weighted by atomic mass is 35.5. The first kappa shape index (κ1) is 14.5. The molecule has 0 radical (unpaired) electrons. The third-order valence-electron chi connectivity index (χ3n) is 3.25. The first-order valence-corrected chi connectivity index (χ1v) is 6.63. The smallest absolute Gasteiger partial charge is 0.127 e. The van der Waals surface area contributed by atoms with Gasteiger partial charge in [0.05, 0.1) is 0 Å². The van der Waals surface area contributed by atoms with E-state index in [2.05, 4.69) is 26.1 Å². The molecule has 0 aliphatic rings. The highest BCUT2D eigenvalue weighted by Crippen LogP contribution is 2.21. The van der Waals surface area contributed by atoms with Gasteiger partial charge in [0.1, 0.15) is 5.82 Å². The fourth-order valence-electron chi connectivity index (χ4n) is 2.13. The van der Waals surface area contributed by atoms with Crippen LogP contribution >= 0.6 is 11.6 Å². The third-order valence-corrected chi connectivity index (χ3v) is 3.49. The summed E-state index contributed by atoms with van der Waals surface area (Å²) < 4.78 is 13.7. The van der Waals surface area contributed by atoms with E-state index in [-0.39, 0.29) is 5.82 Å². The molecule has 0 aliphatic heterocycles. The van der Waals surface area contributed by atoms with Gasteiger partial charge in [-0.15, -0.1) is 0 Å². The average molecular weight is 258 g/mol. The van der Waals surface area contributed by atoms with Crippen molar-refractivity contribution in [3.63, 3.8) is 0 Å². The highest BCUT2D eigenvalue weighted by Gasteiger charge is 2.16. The molecule has 1 N–H and O–H groups in total. The fourth-order valence-corrected chi connectivity index (χ4v) is 2.29. The van der Waals surface area contributed by atoms with E-state index in [9.17, 15) is 4.39 Å². The summed E-state index contributed by atoms with van der Waals surface area (Å²) in [6.45, 7) is 7.34. The molecule has 2 atom stereocenters. The average Bonchev–Trinajstić information content (AvgIpc) is 2.28. The molecular formula is C14H21ClFN. The predicted octanol–water partition coefficient (Wildman–Crippen LogP) is 4.05. The lowest BCUT2D eigenvalue weighted by atomic mass is 9.90. The van der Waals surface area contributed by atoms with Gasteiger partial charge in [-0.25, -0.2) is 4.39 Å². The Balaban J connectivity index is 2.73. The molecule has 0 bridgehead atoms. The second-order valence-corrected chi connectivity index (χ2v) is 4.89. The molecule has 1 nitrogen and oxygen atoms in total. The lowest BCUT2D eigenvalue weighted by Gasteiger charge is -2.23. The Hall–Kier alpha value is -0.600. The number of halogens is 2. The first-order valence-electron chi connectivity index (χ1n) is 6.25. The lowest BCUT2D eigenvalue weighted by molar-refractivity contribution is 0.363. The van der Waals surface area contributed by atoms with Crippen molar-refractivity contribution in [1.82, 2.24) is 5.32 Å². The summed E-state index contributed by atoms with van der Waals surface area (Å²) in [5.41, 5.74) is 0.756. The van der Waals surface area contributed by atoms with E-state index < -0.39 is 0 Å². The van der Waals surface area contributed by atoms with Crippen molar-refractivity contribution in [3.8, 4) is 0 Å². The maximum atomic E-state index is 13.7. The molecule has 2 unspecified atom stereocenters. The van der Waals surface area contributed by atoms with Crippen LogP contribution in [0.3, 0.4) is 0 Å². The molecule has 1 aromatic carbocycles. The van der Waals surface area contributed by atoms with E-state index in [4.69, 9.17) is 11.6 Å². The Labute approximate surface area is 108 Å². The minimum Gasteiger partial charge on any atom is -0.314 e. The van der Waals surface area contributed by atoms with Gasteiger partial charge < -0.3 is 5.32 Å². The van der Waals surface area contributed by atoms with Gasteiger partial charge in [-0.1, -0.05) is 37.9 Å². The largest absolute Gasteiger partial charge is 0.314 e. The molecule has 0 fully saturated rings. The van der Waals surface area contributed by atoms with Gasteiger partial charge in [-0.3, -0.25) is 0 Å². The van der Waals surface area contributed by atoms with Crippen LogP contribution in [-0.4, -0.2) is 12.6 Å². The molecule has 0 saturated heterocycles. The second-order valence-electron chi connectivity index (χ2n) is 4.45. The molecule has 0 amide bonds. The molecule has 96 valence electrons. The van der Waals surface area contributed by atoms with Crippen molar-refractivity contribution in [1.29, 1.82) is 0 Å². The Morgan fingerprint density at radius 2 is 2.06 bits per heavy atom. The third kappa shape index (κ3) is 4.29. The molecule has 0 saturated carbocycles. The molecule has 0 aliphatic carbocycles. The van der Waals surface area contributed by atoms with Crippen LogP contribution in [0.15, 0.2) is 18.2 Å². The number of hydrogen-bond donors (Lipinski definition) is 1. The van der Waals surface area contributed by atoms with Gasteiger partial charge in [0.2, 0.25) is 0 Å². The van der Waals surface area contributed by atoms with Crippen LogP contribution in [0.2, 0.25) is 5.02 Å². The summed E-state index contributed by atoms with van der Waals surface area (Å²) in [5, 5.41) is 3.86. The van der Waals surface area contributed by atoms with E-state index in [1.165, 1.54) is 6.07 Å². The number of rotatable bonds is 6. The second kappa shape index (κ2) is 6.97. The quantitative estimate of drug-likeness (QED) is 0.811. The number of benzene rings is 1. The Bertz CT molecular complexity index is 354. The van der Waals surface area contributed by atoms with E-state index in [1.807, 2.05) is 0 Å². The lowest BCUT2D eigenvalue weighted by Crippen LogP contribution is -2.34. The maximum absolute atomic E-state index is 13.7. The summed E-state index contributed by atoms with van der Waals surface area (Å²) in [4.78, 5) is 0. The van der Waals surface area contributed by atoms with Crippen molar-refractivity contribution >= 4 is 11.6 Å². The molecule has 0 spiro atoms. The van der Waals surface area contributed by atoms with Crippen LogP contribution in [0.5, 0.6) is 0 Å². The highest BCUT2D eigenvalue weighted by molar-refractivity contribution is 6.30. The molecule has 0 heterocycles. The SMILES string of the molecule is CCNC(C)C(CC)Cc1ccc(Cl)cc1F. The Morgan fingerprint density at radius 3 is 2.59 bits per heavy atom. The van der Waals surface area contributed by atoms with Crippen molar-refractivity contribution < 1.29 is 4.39 Å². The van der Waals surface area contributed by atoms with Crippen molar-refractivity contribution in [3.05, 3.63) is 34.6 Å². The van der Waals surface area contributed by atoms with Crippen LogP contribution in [0, 0.1) is 11.7 Å². The van der Waals surface area contributed by atoms with Crippen LogP contribution < -0.4 is 5.32 Å². The fraction of sp³-hybridized carbons (Fsp3) is 0.571. The van der Waals surface area contributed by atoms with Crippen molar-refractivity contribution in [2.45, 2.75) is 39.7 Å². The molecule has 3 heteroatoms. The van der Waals surface area contributed by atoms with Gasteiger partial charge in [-0.2, -0.15) is 0 Å². The predicted molar refractivity (Wildman–Crippen MR) is 72.0 cm³/mol. The van der Waals surface area contributed by atoms with Gasteiger partial charge >= 0.3 is 0 Å². The minimum absolute atomic E-state index is 0.195. The summed E-state index contributed by atoms with van der Waals surface area (Å²) in [6.07, 6.45) is 1.80. The maximum Gasteiger partial charge on any atom is 0.127 e. The van der Waals surface area contributed by atoms with E-state index >= 15 is 0 Å². The summed E-state index contributed by atoms with van der Waals surface area (Å²) in [6, 6.07) is 5.34. The monoisotopic (exact) mass is 257 g/mol. The summed E-state index contributed by atoms with van der Waals surface area (Å²) in [7, 11) is 0. The molecule has 1 aromatic rings. The molecule has 1 rings (SSSR count). The standard InChI is InChI=1S/C14H21ClFN/c1-4-11(10(3)17-5-2)8-12-6-7-13(15)9-14(12)16/h6-7,9-11,17H,4-5,8H2,1-3H3. The summed E-state index contributed by atoms with van der Waals surface area (Å²) in [5.74, 6) is 0.255. The van der Waals surface area contributed by atoms with E-state index in [0.29, 0.717) is 17.0 Å². The van der Waals surface area contributed by atoms with E-state index in [1.54, 1.807) is 12.1 Å². The zero-order chi connectivity index (χ0) is 12.8. The van der Waals surface area contributed by atoms with Gasteiger partial charge in [0.15, 0.2) is 0 Å². The van der Waals surface area contributed by atoms with Crippen molar-refractivity contribution in [2.24, 2.45) is 5.92 Å². The normalized spacial score (nSPS) is 14.6. The van der Waals surface area contributed by atoms with Crippen molar-refractivity contribution in [2.75, 3.05) is 6.54 Å². The topological polar surface area (TPSA) is 12.0 Å². The molecule has 17 heavy (non-hydrogen) atoms. The van der Waals surface area contributed by atoms with Crippen LogP contribution in [-0.2, 0) is 6.42 Å². The van der Waals surface area contributed by atoms with Gasteiger partial charge in [-0.05, 0) is 43.5 Å². The zero-order valence-electron chi connectivity index (χ0n) is 10.8. The zero-order valence-corrected chi connectivity index (χ0v) is 11.5. The minimum atomic E-state index is -0.195. The Kier molecular flexibility index (Phi) is 5.93. The van der Waals surface area contributed by atoms with Crippen LogP contribution in [0.4, 0.5) is 4.39 Å². The van der Waals surface area contributed by atoms with E-state index in [0.717, 1.165) is 24.9 Å². The first-order chi connectivity index (χ1) is 8.08. The Morgan fingerprint density at radius 1 is 1.35 bits per heavy atom. The van der Waals surface area contributed by atoms with Gasteiger partial charge in [0, 0.05) is 11.1 Å². The molecule has 0 aromatic heterocycles. The van der Waals surface area contributed by atoms with Crippen LogP contribution in [0.25, 0.3) is 0 Å². The number of hydrogen-bond acceptors (Lipinski definition) is 1. The number of nitrogens with one attached hydrogen (secondary N) is 1. The van der Waals surface area contributed by atoms with Gasteiger partial charge in [0.25, 0.3) is 0 Å². The summed E-state index contributed by atoms with van der Waals surface area (Å²) >= 11 is 5.75. The van der Waals surface area contributed by atoms with Crippen LogP contribution in [0.1, 0.15) is 32.8 Å². The molecular weight excluding hydrogens is 237 g/mol.